The van der Waals surface area contributed by atoms with Gasteiger partial charge in [0, 0.05) is 13.1 Å². The van der Waals surface area contributed by atoms with Crippen molar-refractivity contribution in [1.82, 2.24) is 4.90 Å². The zero-order valence-electron chi connectivity index (χ0n) is 17.2. The average molecular weight is 448 g/mol. The van der Waals surface area contributed by atoms with E-state index >= 15 is 0 Å². The Labute approximate surface area is 181 Å². The summed E-state index contributed by atoms with van der Waals surface area (Å²) in [4.78, 5) is 29.6. The average Bonchev–Trinajstić information content (AvgIpc) is 2.98. The van der Waals surface area contributed by atoms with Gasteiger partial charge in [-0.15, -0.1) is 13.2 Å². The van der Waals surface area contributed by atoms with Crippen LogP contribution in [0.2, 0.25) is 0 Å². The number of alkyl halides is 3. The molecule has 0 aromatic heterocycles. The van der Waals surface area contributed by atoms with Crippen LogP contribution in [0.4, 0.5) is 23.2 Å². The van der Waals surface area contributed by atoms with Crippen molar-refractivity contribution in [3.05, 3.63) is 65.6 Å². The second kappa shape index (κ2) is 8.29. The molecule has 168 valence electrons. The molecule has 0 N–H and O–H groups in total. The van der Waals surface area contributed by atoms with Gasteiger partial charge in [-0.25, -0.2) is 9.29 Å². The van der Waals surface area contributed by atoms with Crippen molar-refractivity contribution >= 4 is 23.1 Å². The lowest BCUT2D eigenvalue weighted by atomic mass is 9.98. The largest absolute Gasteiger partial charge is 0.573 e. The molecule has 0 radical (unpaired) electrons. The van der Waals surface area contributed by atoms with E-state index in [1.165, 1.54) is 36.4 Å². The van der Waals surface area contributed by atoms with Gasteiger partial charge in [-0.2, -0.15) is 0 Å². The third kappa shape index (κ3) is 4.32. The quantitative estimate of drug-likeness (QED) is 0.501. The minimum atomic E-state index is -4.85. The molecule has 1 fully saturated rings. The number of rotatable bonds is 4. The minimum absolute atomic E-state index is 0.120. The van der Waals surface area contributed by atoms with Gasteiger partial charge in [0.2, 0.25) is 0 Å². The zero-order valence-corrected chi connectivity index (χ0v) is 17.2. The van der Waals surface area contributed by atoms with Crippen LogP contribution in [0.5, 0.6) is 5.75 Å². The Balaban J connectivity index is 1.72. The fourth-order valence-corrected chi connectivity index (χ4v) is 4.11. The third-order valence-corrected chi connectivity index (χ3v) is 5.49. The molecule has 0 spiro atoms. The Morgan fingerprint density at radius 3 is 2.22 bits per heavy atom. The molecule has 1 saturated heterocycles. The zero-order chi connectivity index (χ0) is 23.0. The first-order valence-electron chi connectivity index (χ1n) is 10.1. The molecule has 5 nitrogen and oxygen atoms in total. The van der Waals surface area contributed by atoms with Gasteiger partial charge in [0.15, 0.2) is 0 Å². The number of piperidine rings is 1. The summed E-state index contributed by atoms with van der Waals surface area (Å²) >= 11 is 0. The number of benzene rings is 2. The van der Waals surface area contributed by atoms with Crippen LogP contribution < -0.4 is 9.64 Å². The summed E-state index contributed by atoms with van der Waals surface area (Å²) in [5.41, 5.74) is 0.898. The minimum Gasteiger partial charge on any atom is -0.406 e. The number of hydrogen-bond donors (Lipinski definition) is 0. The van der Waals surface area contributed by atoms with Crippen LogP contribution in [-0.4, -0.2) is 36.2 Å². The van der Waals surface area contributed by atoms with Crippen LogP contribution in [0.25, 0.3) is 5.57 Å². The van der Waals surface area contributed by atoms with E-state index in [1.54, 1.807) is 0 Å². The van der Waals surface area contributed by atoms with Crippen molar-refractivity contribution in [3.63, 3.8) is 0 Å². The number of ether oxygens (including phenoxy) is 1. The van der Waals surface area contributed by atoms with Gasteiger partial charge in [-0.3, -0.25) is 9.59 Å². The van der Waals surface area contributed by atoms with E-state index in [1.807, 2.05) is 4.90 Å². The fraction of sp³-hybridized carbons (Fsp3) is 0.304. The number of amides is 2. The fourth-order valence-electron chi connectivity index (χ4n) is 4.11. The van der Waals surface area contributed by atoms with Crippen molar-refractivity contribution in [2.75, 3.05) is 18.0 Å². The van der Waals surface area contributed by atoms with E-state index in [0.29, 0.717) is 24.6 Å². The van der Waals surface area contributed by atoms with Gasteiger partial charge < -0.3 is 9.64 Å². The van der Waals surface area contributed by atoms with Crippen molar-refractivity contribution in [2.24, 2.45) is 5.92 Å². The molecule has 2 aliphatic rings. The molecular formula is C23H20F4N2O3. The summed E-state index contributed by atoms with van der Waals surface area (Å²) < 4.78 is 54.7. The maximum Gasteiger partial charge on any atom is 0.573 e. The van der Waals surface area contributed by atoms with E-state index in [-0.39, 0.29) is 17.0 Å². The Kier molecular flexibility index (Phi) is 5.66. The molecule has 32 heavy (non-hydrogen) atoms. The molecule has 2 aliphatic heterocycles. The first kappa shape index (κ1) is 21.9. The topological polar surface area (TPSA) is 49.9 Å². The Morgan fingerprint density at radius 1 is 0.969 bits per heavy atom. The van der Waals surface area contributed by atoms with Crippen molar-refractivity contribution in [3.8, 4) is 5.75 Å². The second-order valence-corrected chi connectivity index (χ2v) is 7.91. The predicted octanol–water partition coefficient (Wildman–Crippen LogP) is 4.74. The van der Waals surface area contributed by atoms with Crippen LogP contribution in [0, 0.1) is 11.7 Å². The Bertz CT molecular complexity index is 1060. The maximum absolute atomic E-state index is 13.5. The molecule has 2 aromatic carbocycles. The summed E-state index contributed by atoms with van der Waals surface area (Å²) in [6.45, 7) is 3.24. The number of nitrogens with zero attached hydrogens (tertiary/aromatic N) is 2. The molecule has 1 atom stereocenters. The SMILES string of the molecule is CC1CCCN(C2=C(c3ccc(F)cc3)C(=O)N(c3ccc(OC(F)(F)F)cc3)C2=O)C1. The normalized spacial score (nSPS) is 19.7. The number of likely N-dealkylation sites (tertiary alicyclic amines) is 1. The van der Waals surface area contributed by atoms with Crippen molar-refractivity contribution < 1.29 is 31.9 Å². The van der Waals surface area contributed by atoms with Gasteiger partial charge in [-0.1, -0.05) is 19.1 Å². The van der Waals surface area contributed by atoms with Crippen molar-refractivity contribution in [1.29, 1.82) is 0 Å². The molecule has 0 saturated carbocycles. The highest BCUT2D eigenvalue weighted by Crippen LogP contribution is 2.37. The maximum atomic E-state index is 13.5. The summed E-state index contributed by atoms with van der Waals surface area (Å²) in [5, 5.41) is 0. The second-order valence-electron chi connectivity index (χ2n) is 7.91. The van der Waals surface area contributed by atoms with Crippen LogP contribution in [0.1, 0.15) is 25.3 Å². The third-order valence-electron chi connectivity index (χ3n) is 5.49. The highest BCUT2D eigenvalue weighted by atomic mass is 19.4. The van der Waals surface area contributed by atoms with Crippen LogP contribution in [-0.2, 0) is 9.59 Å². The molecule has 9 heteroatoms. The van der Waals surface area contributed by atoms with Gasteiger partial charge in [-0.05, 0) is 60.7 Å². The van der Waals surface area contributed by atoms with E-state index < -0.39 is 29.7 Å². The van der Waals surface area contributed by atoms with Gasteiger partial charge in [0.25, 0.3) is 11.8 Å². The van der Waals surface area contributed by atoms with Crippen molar-refractivity contribution in [2.45, 2.75) is 26.1 Å². The molecule has 4 rings (SSSR count). The van der Waals surface area contributed by atoms with E-state index in [4.69, 9.17) is 0 Å². The predicted molar refractivity (Wildman–Crippen MR) is 109 cm³/mol. The van der Waals surface area contributed by atoms with Gasteiger partial charge in [0.1, 0.15) is 17.3 Å². The van der Waals surface area contributed by atoms with E-state index in [2.05, 4.69) is 11.7 Å². The number of anilines is 1. The molecule has 2 aromatic rings. The number of carbonyl (C=O) groups excluding carboxylic acids is 2. The first-order chi connectivity index (χ1) is 15.1. The lowest BCUT2D eigenvalue weighted by molar-refractivity contribution is -0.274. The lowest BCUT2D eigenvalue weighted by Crippen LogP contribution is -2.39. The summed E-state index contributed by atoms with van der Waals surface area (Å²) in [7, 11) is 0. The number of imide groups is 1. The molecular weight excluding hydrogens is 428 g/mol. The molecule has 1 unspecified atom stereocenters. The highest BCUT2D eigenvalue weighted by molar-refractivity contribution is 6.45. The number of hydrogen-bond acceptors (Lipinski definition) is 4. The van der Waals surface area contributed by atoms with E-state index in [9.17, 15) is 27.2 Å². The molecule has 0 aliphatic carbocycles. The van der Waals surface area contributed by atoms with Crippen LogP contribution in [0.15, 0.2) is 54.2 Å². The monoisotopic (exact) mass is 448 g/mol. The van der Waals surface area contributed by atoms with E-state index in [0.717, 1.165) is 29.9 Å². The van der Waals surface area contributed by atoms with Gasteiger partial charge >= 0.3 is 6.36 Å². The lowest BCUT2D eigenvalue weighted by Gasteiger charge is -2.33. The summed E-state index contributed by atoms with van der Waals surface area (Å²) in [5.74, 6) is -1.79. The Morgan fingerprint density at radius 2 is 1.62 bits per heavy atom. The highest BCUT2D eigenvalue weighted by Gasteiger charge is 2.43. The summed E-state index contributed by atoms with van der Waals surface area (Å²) in [6, 6.07) is 9.83. The Hall–Kier alpha value is -3.36. The summed E-state index contributed by atoms with van der Waals surface area (Å²) in [6.07, 6.45) is -3.00. The number of carbonyl (C=O) groups is 2. The molecule has 2 heterocycles. The molecule has 0 bridgehead atoms. The van der Waals surface area contributed by atoms with Crippen LogP contribution in [0.3, 0.4) is 0 Å². The smallest absolute Gasteiger partial charge is 0.406 e. The first-order valence-corrected chi connectivity index (χ1v) is 10.1. The standard InChI is InChI=1S/C23H20F4N2O3/c1-14-3-2-12-28(13-14)20-19(15-4-6-16(24)7-5-15)21(30)29(22(20)31)17-8-10-18(11-9-17)32-23(25,26)27/h4-11,14H,2-3,12-13H2,1H3. The molecule has 2 amide bonds. The van der Waals surface area contributed by atoms with Gasteiger partial charge in [0.05, 0.1) is 11.3 Å². The van der Waals surface area contributed by atoms with Crippen LogP contribution >= 0.6 is 0 Å². The number of halogens is 4.